The second-order valence-corrected chi connectivity index (χ2v) is 8.04. The van der Waals surface area contributed by atoms with Gasteiger partial charge in [0, 0.05) is 18.4 Å². The molecule has 0 aliphatic heterocycles. The molecule has 25 heavy (non-hydrogen) atoms. The third-order valence-electron chi connectivity index (χ3n) is 5.01. The van der Waals surface area contributed by atoms with Crippen LogP contribution < -0.4 is 5.32 Å². The minimum Gasteiger partial charge on any atom is -0.352 e. The molecule has 1 saturated carbocycles. The molecule has 3 rings (SSSR count). The number of aromatic nitrogens is 2. The minimum atomic E-state index is 0.110. The predicted molar refractivity (Wildman–Crippen MR) is 103 cm³/mol. The Labute approximate surface area is 154 Å². The van der Waals surface area contributed by atoms with Crippen molar-refractivity contribution >= 4 is 17.7 Å². The molecular weight excluding hydrogens is 330 g/mol. The van der Waals surface area contributed by atoms with Crippen LogP contribution in [-0.2, 0) is 4.79 Å². The molecule has 2 atom stereocenters. The molecule has 4 nitrogen and oxygen atoms in total. The van der Waals surface area contributed by atoms with Gasteiger partial charge in [0.2, 0.25) is 5.91 Å². The summed E-state index contributed by atoms with van der Waals surface area (Å²) in [6.07, 6.45) is 8.59. The first-order chi connectivity index (χ1) is 12.0. The summed E-state index contributed by atoms with van der Waals surface area (Å²) in [5.41, 5.74) is 3.57. The molecule has 0 saturated heterocycles. The van der Waals surface area contributed by atoms with E-state index in [-0.39, 0.29) is 5.91 Å². The number of carbonyl (C=O) groups excluding carboxylic acids is 1. The van der Waals surface area contributed by atoms with Crippen molar-refractivity contribution in [2.24, 2.45) is 5.92 Å². The largest absolute Gasteiger partial charge is 0.352 e. The monoisotopic (exact) mass is 357 g/mol. The van der Waals surface area contributed by atoms with Crippen molar-refractivity contribution < 1.29 is 4.79 Å². The van der Waals surface area contributed by atoms with Crippen LogP contribution in [0, 0.1) is 19.8 Å². The molecule has 1 aliphatic carbocycles. The quantitative estimate of drug-likeness (QED) is 0.813. The third kappa shape index (κ3) is 4.46. The summed E-state index contributed by atoms with van der Waals surface area (Å²) >= 11 is 1.50. The van der Waals surface area contributed by atoms with Crippen LogP contribution in [0.3, 0.4) is 0 Å². The molecule has 1 aromatic carbocycles. The lowest BCUT2D eigenvalue weighted by Crippen LogP contribution is -2.41. The molecule has 1 heterocycles. The predicted octanol–water partition coefficient (Wildman–Crippen LogP) is 4.28. The van der Waals surface area contributed by atoms with E-state index in [1.165, 1.54) is 42.2 Å². The zero-order chi connectivity index (χ0) is 17.8. The molecule has 2 aromatic rings. The maximum atomic E-state index is 12.3. The Balaban J connectivity index is 1.62. The summed E-state index contributed by atoms with van der Waals surface area (Å²) in [7, 11) is 0. The maximum Gasteiger partial charge on any atom is 0.230 e. The van der Waals surface area contributed by atoms with Gasteiger partial charge in [-0.05, 0) is 44.2 Å². The zero-order valence-corrected chi connectivity index (χ0v) is 16.1. The fraction of sp³-hybridized carbons (Fsp3) is 0.500. The van der Waals surface area contributed by atoms with Crippen molar-refractivity contribution in [3.8, 4) is 5.69 Å². The molecule has 1 aliphatic rings. The smallest absolute Gasteiger partial charge is 0.230 e. The molecule has 0 bridgehead atoms. The van der Waals surface area contributed by atoms with Crippen molar-refractivity contribution in [2.75, 3.05) is 5.75 Å². The van der Waals surface area contributed by atoms with Gasteiger partial charge in [-0.15, -0.1) is 0 Å². The Kier molecular flexibility index (Phi) is 5.84. The molecule has 1 aromatic heterocycles. The van der Waals surface area contributed by atoms with E-state index >= 15 is 0 Å². The Bertz CT molecular complexity index is 740. The lowest BCUT2D eigenvalue weighted by atomic mass is 9.86. The Morgan fingerprint density at radius 2 is 2.12 bits per heavy atom. The minimum absolute atomic E-state index is 0.110. The van der Waals surface area contributed by atoms with Gasteiger partial charge in [-0.25, -0.2) is 4.98 Å². The summed E-state index contributed by atoms with van der Waals surface area (Å²) in [5.74, 6) is 1.10. The average molecular weight is 358 g/mol. The van der Waals surface area contributed by atoms with Crippen molar-refractivity contribution in [2.45, 2.75) is 57.7 Å². The number of hydrogen-bond donors (Lipinski definition) is 1. The van der Waals surface area contributed by atoms with Crippen LogP contribution in [0.2, 0.25) is 0 Å². The van der Waals surface area contributed by atoms with Gasteiger partial charge >= 0.3 is 0 Å². The van der Waals surface area contributed by atoms with E-state index in [0.29, 0.717) is 17.7 Å². The number of rotatable bonds is 5. The van der Waals surface area contributed by atoms with Crippen LogP contribution in [-0.4, -0.2) is 27.3 Å². The fourth-order valence-corrected chi connectivity index (χ4v) is 4.34. The van der Waals surface area contributed by atoms with Crippen LogP contribution in [0.25, 0.3) is 5.69 Å². The van der Waals surface area contributed by atoms with Gasteiger partial charge in [0.1, 0.15) is 0 Å². The summed E-state index contributed by atoms with van der Waals surface area (Å²) in [6, 6.07) is 6.72. The standard InChI is InChI=1S/C20H27N3OS/c1-14-8-9-18(16(3)12-14)23-11-10-21-20(23)25-13-19(24)22-17-7-5-4-6-15(17)2/h8-12,15,17H,4-7,13H2,1-3H3,(H,22,24)/t15-,17-/m0/s1. The summed E-state index contributed by atoms with van der Waals surface area (Å²) in [5, 5.41) is 4.07. The molecular formula is C20H27N3OS. The number of imidazole rings is 1. The molecule has 0 unspecified atom stereocenters. The van der Waals surface area contributed by atoms with E-state index in [1.54, 1.807) is 6.20 Å². The number of nitrogens with zero attached hydrogens (tertiary/aromatic N) is 2. The van der Waals surface area contributed by atoms with Gasteiger partial charge in [0.05, 0.1) is 11.4 Å². The number of aryl methyl sites for hydroxylation is 2. The van der Waals surface area contributed by atoms with E-state index in [1.807, 2.05) is 6.20 Å². The van der Waals surface area contributed by atoms with Crippen LogP contribution in [0.1, 0.15) is 43.7 Å². The second-order valence-electron chi connectivity index (χ2n) is 7.09. The number of hydrogen-bond acceptors (Lipinski definition) is 3. The molecule has 1 fully saturated rings. The van der Waals surface area contributed by atoms with E-state index in [9.17, 15) is 4.79 Å². The Hall–Kier alpha value is -1.75. The van der Waals surface area contributed by atoms with Crippen LogP contribution in [0.15, 0.2) is 35.7 Å². The Morgan fingerprint density at radius 1 is 1.32 bits per heavy atom. The van der Waals surface area contributed by atoms with Crippen LogP contribution in [0.4, 0.5) is 0 Å². The number of nitrogens with one attached hydrogen (secondary N) is 1. The van der Waals surface area contributed by atoms with Crippen molar-refractivity contribution in [1.29, 1.82) is 0 Å². The van der Waals surface area contributed by atoms with E-state index in [0.717, 1.165) is 17.3 Å². The summed E-state index contributed by atoms with van der Waals surface area (Å²) in [4.78, 5) is 16.8. The molecule has 0 spiro atoms. The van der Waals surface area contributed by atoms with Crippen LogP contribution >= 0.6 is 11.8 Å². The summed E-state index contributed by atoms with van der Waals surface area (Å²) in [6.45, 7) is 6.44. The SMILES string of the molecule is Cc1ccc(-n2ccnc2SCC(=O)N[C@H]2CCCC[C@@H]2C)c(C)c1. The first kappa shape index (κ1) is 18.1. The fourth-order valence-electron chi connectivity index (χ4n) is 3.56. The van der Waals surface area contributed by atoms with Crippen molar-refractivity contribution in [3.63, 3.8) is 0 Å². The highest BCUT2D eigenvalue weighted by Crippen LogP contribution is 2.25. The highest BCUT2D eigenvalue weighted by atomic mass is 32.2. The number of carbonyl (C=O) groups is 1. The molecule has 1 N–H and O–H groups in total. The number of thioether (sulfide) groups is 1. The van der Waals surface area contributed by atoms with Crippen molar-refractivity contribution in [3.05, 3.63) is 41.7 Å². The van der Waals surface area contributed by atoms with E-state index in [2.05, 4.69) is 53.8 Å². The highest BCUT2D eigenvalue weighted by Gasteiger charge is 2.23. The van der Waals surface area contributed by atoms with Gasteiger partial charge in [0.15, 0.2) is 5.16 Å². The maximum absolute atomic E-state index is 12.3. The molecule has 1 amide bonds. The Morgan fingerprint density at radius 3 is 2.88 bits per heavy atom. The molecule has 134 valence electrons. The number of benzene rings is 1. The van der Waals surface area contributed by atoms with Gasteiger partial charge in [0.25, 0.3) is 0 Å². The zero-order valence-electron chi connectivity index (χ0n) is 15.3. The average Bonchev–Trinajstić information content (AvgIpc) is 3.03. The van der Waals surface area contributed by atoms with E-state index in [4.69, 9.17) is 0 Å². The van der Waals surface area contributed by atoms with E-state index < -0.39 is 0 Å². The lowest BCUT2D eigenvalue weighted by molar-refractivity contribution is -0.119. The second kappa shape index (κ2) is 8.09. The van der Waals surface area contributed by atoms with Crippen LogP contribution in [0.5, 0.6) is 0 Å². The topological polar surface area (TPSA) is 46.9 Å². The molecule has 0 radical (unpaired) electrons. The number of amides is 1. The van der Waals surface area contributed by atoms with Crippen molar-refractivity contribution in [1.82, 2.24) is 14.9 Å². The highest BCUT2D eigenvalue weighted by molar-refractivity contribution is 7.99. The van der Waals surface area contributed by atoms with Gasteiger partial charge in [-0.1, -0.05) is 49.2 Å². The normalized spacial score (nSPS) is 20.4. The summed E-state index contributed by atoms with van der Waals surface area (Å²) < 4.78 is 2.07. The van der Waals surface area contributed by atoms with Gasteiger partial charge in [-0.2, -0.15) is 0 Å². The lowest BCUT2D eigenvalue weighted by Gasteiger charge is -2.29. The first-order valence-corrected chi connectivity index (χ1v) is 10.1. The van der Waals surface area contributed by atoms with Gasteiger partial charge < -0.3 is 5.32 Å². The molecule has 5 heteroatoms. The first-order valence-electron chi connectivity index (χ1n) is 9.07. The third-order valence-corrected chi connectivity index (χ3v) is 5.98. The van der Waals surface area contributed by atoms with Gasteiger partial charge in [-0.3, -0.25) is 9.36 Å².